The van der Waals surface area contributed by atoms with E-state index < -0.39 is 0 Å². The summed E-state index contributed by atoms with van der Waals surface area (Å²) in [4.78, 5) is 14.6. The zero-order valence-corrected chi connectivity index (χ0v) is 15.5. The van der Waals surface area contributed by atoms with Crippen LogP contribution in [0.5, 0.6) is 0 Å². The Hall–Kier alpha value is -2.99. The second-order valence-electron chi connectivity index (χ2n) is 6.94. The highest BCUT2D eigenvalue weighted by Crippen LogP contribution is 2.18. The van der Waals surface area contributed by atoms with E-state index >= 15 is 0 Å². The van der Waals surface area contributed by atoms with Crippen molar-refractivity contribution >= 4 is 5.91 Å². The van der Waals surface area contributed by atoms with Crippen LogP contribution in [0.4, 0.5) is 4.39 Å². The fraction of sp³-hybridized carbons (Fsp3) is 0.273. The topological polar surface area (TPSA) is 47.4 Å². The fourth-order valence-electron chi connectivity index (χ4n) is 3.36. The molecule has 6 heteroatoms. The van der Waals surface area contributed by atoms with Gasteiger partial charge < -0.3 is 9.64 Å². The molecule has 4 rings (SSSR count). The predicted octanol–water partition coefficient (Wildman–Crippen LogP) is 3.83. The van der Waals surface area contributed by atoms with Crippen LogP contribution >= 0.6 is 0 Å². The van der Waals surface area contributed by atoms with Crippen molar-refractivity contribution in [3.8, 4) is 5.69 Å². The van der Waals surface area contributed by atoms with Crippen LogP contribution in [0.1, 0.15) is 28.8 Å². The lowest BCUT2D eigenvalue weighted by molar-refractivity contribution is -0.000379. The first-order chi connectivity index (χ1) is 13.7. The Labute approximate surface area is 163 Å². The summed E-state index contributed by atoms with van der Waals surface area (Å²) in [5, 5.41) is 4.23. The van der Waals surface area contributed by atoms with Crippen LogP contribution in [0.25, 0.3) is 5.69 Å². The molecule has 1 amide bonds. The molecule has 2 aromatic carbocycles. The molecule has 0 atom stereocenters. The van der Waals surface area contributed by atoms with Crippen LogP contribution in [-0.2, 0) is 11.3 Å². The Kier molecular flexibility index (Phi) is 5.48. The Balaban J connectivity index is 1.31. The normalized spacial score (nSPS) is 15.0. The highest BCUT2D eigenvalue weighted by molar-refractivity contribution is 5.93. The lowest BCUT2D eigenvalue weighted by Gasteiger charge is -2.31. The number of aromatic nitrogens is 2. The summed E-state index contributed by atoms with van der Waals surface area (Å²) in [6.07, 6.45) is 5.07. The second-order valence-corrected chi connectivity index (χ2v) is 6.94. The highest BCUT2D eigenvalue weighted by atomic mass is 19.1. The minimum Gasteiger partial charge on any atom is -0.373 e. The highest BCUT2D eigenvalue weighted by Gasteiger charge is 2.25. The maximum absolute atomic E-state index is 13.1. The number of benzene rings is 2. The first-order valence-corrected chi connectivity index (χ1v) is 9.44. The lowest BCUT2D eigenvalue weighted by Crippen LogP contribution is -2.40. The average molecular weight is 379 g/mol. The van der Waals surface area contributed by atoms with E-state index in [1.54, 1.807) is 29.2 Å². The smallest absolute Gasteiger partial charge is 0.257 e. The molecule has 2 heterocycles. The van der Waals surface area contributed by atoms with Crippen molar-refractivity contribution in [2.24, 2.45) is 0 Å². The van der Waals surface area contributed by atoms with Crippen molar-refractivity contribution < 1.29 is 13.9 Å². The molecule has 0 N–H and O–H groups in total. The number of likely N-dealkylation sites (tertiary alicyclic amines) is 1. The van der Waals surface area contributed by atoms with Crippen molar-refractivity contribution in [1.29, 1.82) is 0 Å². The Bertz CT molecular complexity index is 916. The number of piperidine rings is 1. The minimum absolute atomic E-state index is 0.0325. The molecule has 0 aliphatic carbocycles. The van der Waals surface area contributed by atoms with Crippen LogP contribution < -0.4 is 0 Å². The zero-order valence-electron chi connectivity index (χ0n) is 15.5. The van der Waals surface area contributed by atoms with E-state index in [1.165, 1.54) is 12.1 Å². The number of ether oxygens (including phenoxy) is 1. The first kappa shape index (κ1) is 18.4. The van der Waals surface area contributed by atoms with Gasteiger partial charge in [0.25, 0.3) is 5.91 Å². The molecule has 1 saturated heterocycles. The number of hydrogen-bond donors (Lipinski definition) is 0. The summed E-state index contributed by atoms with van der Waals surface area (Å²) in [7, 11) is 0. The minimum atomic E-state index is -0.301. The number of nitrogens with zero attached hydrogens (tertiary/aromatic N) is 3. The van der Waals surface area contributed by atoms with Crippen LogP contribution in [-0.4, -0.2) is 39.8 Å². The molecule has 0 spiro atoms. The molecule has 3 aromatic rings. The third-order valence-electron chi connectivity index (χ3n) is 4.98. The van der Waals surface area contributed by atoms with Gasteiger partial charge in [0, 0.05) is 19.3 Å². The van der Waals surface area contributed by atoms with Gasteiger partial charge in [-0.05, 0) is 42.7 Å². The van der Waals surface area contributed by atoms with Crippen LogP contribution in [0.2, 0.25) is 0 Å². The van der Waals surface area contributed by atoms with E-state index in [1.807, 2.05) is 23.1 Å². The summed E-state index contributed by atoms with van der Waals surface area (Å²) in [6.45, 7) is 1.93. The van der Waals surface area contributed by atoms with Crippen molar-refractivity contribution in [2.45, 2.75) is 25.6 Å². The Morgan fingerprint density at radius 1 is 1.07 bits per heavy atom. The standard InChI is InChI=1S/C22H22FN3O2/c23-19-6-8-20(9-7-19)26-15-18(14-24-26)22(27)25-12-10-21(11-13-25)28-16-17-4-2-1-3-5-17/h1-9,14-15,21H,10-13,16H2. The molecule has 144 valence electrons. The van der Waals surface area contributed by atoms with Gasteiger partial charge in [-0.15, -0.1) is 0 Å². The van der Waals surface area contributed by atoms with Crippen molar-refractivity contribution in [1.82, 2.24) is 14.7 Å². The first-order valence-electron chi connectivity index (χ1n) is 9.44. The molecule has 0 bridgehead atoms. The van der Waals surface area contributed by atoms with E-state index in [0.717, 1.165) is 18.4 Å². The molecule has 5 nitrogen and oxygen atoms in total. The van der Waals surface area contributed by atoms with Gasteiger partial charge in [0.1, 0.15) is 5.82 Å². The van der Waals surface area contributed by atoms with Crippen LogP contribution in [0.3, 0.4) is 0 Å². The Morgan fingerprint density at radius 3 is 2.50 bits per heavy atom. The summed E-state index contributed by atoms with van der Waals surface area (Å²) < 4.78 is 20.6. The molecular formula is C22H22FN3O2. The Morgan fingerprint density at radius 2 is 1.79 bits per heavy atom. The van der Waals surface area contributed by atoms with E-state index in [0.29, 0.717) is 30.9 Å². The van der Waals surface area contributed by atoms with Gasteiger partial charge in [-0.3, -0.25) is 4.79 Å². The van der Waals surface area contributed by atoms with Crippen molar-refractivity contribution in [3.05, 3.63) is 83.9 Å². The molecule has 0 unspecified atom stereocenters. The maximum Gasteiger partial charge on any atom is 0.257 e. The number of carbonyl (C=O) groups is 1. The molecule has 1 aliphatic rings. The summed E-state index contributed by atoms with van der Waals surface area (Å²) in [5.74, 6) is -0.334. The summed E-state index contributed by atoms with van der Waals surface area (Å²) >= 11 is 0. The molecule has 1 aromatic heterocycles. The van der Waals surface area contributed by atoms with Gasteiger partial charge in [-0.1, -0.05) is 30.3 Å². The maximum atomic E-state index is 13.1. The predicted molar refractivity (Wildman–Crippen MR) is 104 cm³/mol. The largest absolute Gasteiger partial charge is 0.373 e. The quantitative estimate of drug-likeness (QED) is 0.677. The molecule has 0 radical (unpaired) electrons. The number of amides is 1. The summed E-state index contributed by atoms with van der Waals surface area (Å²) in [6, 6.07) is 16.1. The van der Waals surface area contributed by atoms with Crippen molar-refractivity contribution in [3.63, 3.8) is 0 Å². The monoisotopic (exact) mass is 379 g/mol. The van der Waals surface area contributed by atoms with E-state index in [4.69, 9.17) is 4.74 Å². The van der Waals surface area contributed by atoms with Gasteiger partial charge in [-0.25, -0.2) is 9.07 Å². The molecule has 1 aliphatic heterocycles. The van der Waals surface area contributed by atoms with Gasteiger partial charge in [0.15, 0.2) is 0 Å². The molecule has 0 saturated carbocycles. The average Bonchev–Trinajstić information content (AvgIpc) is 3.24. The van der Waals surface area contributed by atoms with Crippen molar-refractivity contribution in [2.75, 3.05) is 13.1 Å². The lowest BCUT2D eigenvalue weighted by atomic mass is 10.1. The van der Waals surface area contributed by atoms with Crippen LogP contribution in [0.15, 0.2) is 67.0 Å². The molecule has 1 fully saturated rings. The van der Waals surface area contributed by atoms with Crippen LogP contribution in [0, 0.1) is 5.82 Å². The number of rotatable bonds is 5. The van der Waals surface area contributed by atoms with Gasteiger partial charge in [-0.2, -0.15) is 5.10 Å². The SMILES string of the molecule is O=C(c1cnn(-c2ccc(F)cc2)c1)N1CCC(OCc2ccccc2)CC1. The van der Waals surface area contributed by atoms with E-state index in [2.05, 4.69) is 17.2 Å². The summed E-state index contributed by atoms with van der Waals surface area (Å²) in [5.41, 5.74) is 2.41. The zero-order chi connectivity index (χ0) is 19.3. The van der Waals surface area contributed by atoms with Gasteiger partial charge in [0.2, 0.25) is 0 Å². The third kappa shape index (κ3) is 4.28. The fourth-order valence-corrected chi connectivity index (χ4v) is 3.36. The number of hydrogen-bond acceptors (Lipinski definition) is 3. The molecule has 28 heavy (non-hydrogen) atoms. The molecular weight excluding hydrogens is 357 g/mol. The van der Waals surface area contributed by atoms with E-state index in [-0.39, 0.29) is 17.8 Å². The number of halogens is 1. The third-order valence-corrected chi connectivity index (χ3v) is 4.98. The van der Waals surface area contributed by atoms with E-state index in [9.17, 15) is 9.18 Å². The second kappa shape index (κ2) is 8.35. The van der Waals surface area contributed by atoms with Gasteiger partial charge >= 0.3 is 0 Å². The van der Waals surface area contributed by atoms with Gasteiger partial charge in [0.05, 0.1) is 30.2 Å². The number of carbonyl (C=O) groups excluding carboxylic acids is 1.